The number of methoxy groups -OCH3 is 1. The van der Waals surface area contributed by atoms with Crippen LogP contribution >= 0.6 is 11.8 Å². The third-order valence-electron chi connectivity index (χ3n) is 2.98. The molecule has 4 nitrogen and oxygen atoms in total. The van der Waals surface area contributed by atoms with E-state index in [0.717, 1.165) is 38.6 Å². The van der Waals surface area contributed by atoms with E-state index in [1.807, 2.05) is 24.0 Å². The highest BCUT2D eigenvalue weighted by Gasteiger charge is 2.15. The Morgan fingerprint density at radius 2 is 2.28 bits per heavy atom. The van der Waals surface area contributed by atoms with Crippen LogP contribution in [0.15, 0.2) is 18.3 Å². The minimum atomic E-state index is 0.746. The molecule has 0 saturated carbocycles. The molecular weight excluding hydrogens is 246 g/mol. The molecule has 0 aromatic carbocycles. The predicted molar refractivity (Wildman–Crippen MR) is 77.4 cm³/mol. The van der Waals surface area contributed by atoms with Gasteiger partial charge in [0.25, 0.3) is 0 Å². The Balaban J connectivity index is 1.96. The summed E-state index contributed by atoms with van der Waals surface area (Å²) in [5, 5.41) is 3.39. The van der Waals surface area contributed by atoms with E-state index in [9.17, 15) is 0 Å². The number of anilines is 1. The highest BCUT2D eigenvalue weighted by atomic mass is 32.2. The molecule has 5 heteroatoms. The number of hydrogen-bond donors (Lipinski definition) is 1. The first-order valence-electron chi connectivity index (χ1n) is 6.38. The molecule has 0 spiro atoms. The standard InChI is InChI=1S/C13H21N3OS/c1-17-8-5-14-11-12-3-2-4-15-13(12)16-6-9-18-10-7-16/h2-4,14H,5-11H2,1H3. The Bertz CT molecular complexity index is 356. The van der Waals surface area contributed by atoms with Gasteiger partial charge in [-0.15, -0.1) is 0 Å². The number of thioether (sulfide) groups is 1. The van der Waals surface area contributed by atoms with E-state index in [0.29, 0.717) is 0 Å². The molecule has 100 valence electrons. The van der Waals surface area contributed by atoms with Gasteiger partial charge in [-0.05, 0) is 6.07 Å². The molecule has 2 rings (SSSR count). The number of nitrogens with zero attached hydrogens (tertiary/aromatic N) is 2. The average Bonchev–Trinajstić information content (AvgIpc) is 2.45. The topological polar surface area (TPSA) is 37.4 Å². The van der Waals surface area contributed by atoms with Crippen LogP contribution in [0.25, 0.3) is 0 Å². The quantitative estimate of drug-likeness (QED) is 0.788. The SMILES string of the molecule is COCCNCc1cccnc1N1CCSCC1. The number of ether oxygens (including phenoxy) is 1. The molecule has 0 bridgehead atoms. The zero-order valence-corrected chi connectivity index (χ0v) is 11.7. The van der Waals surface area contributed by atoms with Gasteiger partial charge in [0.2, 0.25) is 0 Å². The van der Waals surface area contributed by atoms with E-state index < -0.39 is 0 Å². The maximum atomic E-state index is 5.04. The van der Waals surface area contributed by atoms with Gasteiger partial charge < -0.3 is 15.0 Å². The van der Waals surface area contributed by atoms with Crippen molar-refractivity contribution in [2.75, 3.05) is 49.8 Å². The van der Waals surface area contributed by atoms with Crippen molar-refractivity contribution >= 4 is 17.6 Å². The summed E-state index contributed by atoms with van der Waals surface area (Å²) >= 11 is 2.02. The number of rotatable bonds is 6. The van der Waals surface area contributed by atoms with Crippen LogP contribution in [0.4, 0.5) is 5.82 Å². The Kier molecular flexibility index (Phi) is 5.77. The summed E-state index contributed by atoms with van der Waals surface area (Å²) in [6, 6.07) is 4.17. The summed E-state index contributed by atoms with van der Waals surface area (Å²) in [6.45, 7) is 4.69. The fourth-order valence-electron chi connectivity index (χ4n) is 2.03. The first-order valence-corrected chi connectivity index (χ1v) is 7.53. The van der Waals surface area contributed by atoms with Crippen LogP contribution in [-0.2, 0) is 11.3 Å². The lowest BCUT2D eigenvalue weighted by molar-refractivity contribution is 0.199. The van der Waals surface area contributed by atoms with Crippen LogP contribution in [0.3, 0.4) is 0 Å². The molecule has 1 aliphatic heterocycles. The van der Waals surface area contributed by atoms with Gasteiger partial charge in [0.1, 0.15) is 5.82 Å². The average molecular weight is 267 g/mol. The van der Waals surface area contributed by atoms with Crippen molar-refractivity contribution in [2.45, 2.75) is 6.54 Å². The van der Waals surface area contributed by atoms with Crippen LogP contribution in [0.2, 0.25) is 0 Å². The summed E-state index contributed by atoms with van der Waals surface area (Å²) in [7, 11) is 1.72. The fraction of sp³-hybridized carbons (Fsp3) is 0.615. The van der Waals surface area contributed by atoms with Crippen molar-refractivity contribution in [3.8, 4) is 0 Å². The third-order valence-corrected chi connectivity index (χ3v) is 3.92. The lowest BCUT2D eigenvalue weighted by Crippen LogP contribution is -2.34. The van der Waals surface area contributed by atoms with Gasteiger partial charge in [0, 0.05) is 56.6 Å². The van der Waals surface area contributed by atoms with Crippen molar-refractivity contribution in [2.24, 2.45) is 0 Å². The van der Waals surface area contributed by atoms with Crippen molar-refractivity contribution in [1.82, 2.24) is 10.3 Å². The van der Waals surface area contributed by atoms with Gasteiger partial charge in [-0.1, -0.05) is 6.07 Å². The molecule has 1 aliphatic rings. The predicted octanol–water partition coefficient (Wildman–Crippen LogP) is 1.37. The zero-order chi connectivity index (χ0) is 12.6. The molecule has 0 atom stereocenters. The number of aromatic nitrogens is 1. The first-order chi connectivity index (χ1) is 8.92. The number of pyridine rings is 1. The molecular formula is C13H21N3OS. The molecule has 0 unspecified atom stereocenters. The molecule has 1 fully saturated rings. The summed E-state index contributed by atoms with van der Waals surface area (Å²) in [5.74, 6) is 3.54. The highest BCUT2D eigenvalue weighted by molar-refractivity contribution is 7.99. The van der Waals surface area contributed by atoms with Gasteiger partial charge in [0.15, 0.2) is 0 Å². The Morgan fingerprint density at radius 3 is 3.06 bits per heavy atom. The van der Waals surface area contributed by atoms with Gasteiger partial charge in [-0.2, -0.15) is 11.8 Å². The fourth-order valence-corrected chi connectivity index (χ4v) is 2.93. The van der Waals surface area contributed by atoms with E-state index in [1.165, 1.54) is 17.1 Å². The lowest BCUT2D eigenvalue weighted by atomic mass is 10.2. The molecule has 0 amide bonds. The summed E-state index contributed by atoms with van der Waals surface area (Å²) < 4.78 is 5.04. The van der Waals surface area contributed by atoms with E-state index >= 15 is 0 Å². The summed E-state index contributed by atoms with van der Waals surface area (Å²) in [5.41, 5.74) is 1.28. The van der Waals surface area contributed by atoms with Gasteiger partial charge in [-0.3, -0.25) is 0 Å². The normalized spacial score (nSPS) is 15.9. The van der Waals surface area contributed by atoms with Crippen molar-refractivity contribution < 1.29 is 4.74 Å². The smallest absolute Gasteiger partial charge is 0.133 e. The second kappa shape index (κ2) is 7.61. The number of nitrogens with one attached hydrogen (secondary N) is 1. The zero-order valence-electron chi connectivity index (χ0n) is 10.9. The Morgan fingerprint density at radius 1 is 1.44 bits per heavy atom. The third kappa shape index (κ3) is 3.86. The molecule has 1 aromatic heterocycles. The van der Waals surface area contributed by atoms with Crippen LogP contribution < -0.4 is 10.2 Å². The summed E-state index contributed by atoms with van der Waals surface area (Å²) in [6.07, 6.45) is 1.88. The van der Waals surface area contributed by atoms with Crippen LogP contribution in [0, 0.1) is 0 Å². The minimum absolute atomic E-state index is 0.746. The van der Waals surface area contributed by atoms with E-state index in [1.54, 1.807) is 7.11 Å². The van der Waals surface area contributed by atoms with Gasteiger partial charge in [-0.25, -0.2) is 4.98 Å². The van der Waals surface area contributed by atoms with Crippen molar-refractivity contribution in [1.29, 1.82) is 0 Å². The van der Waals surface area contributed by atoms with E-state index in [-0.39, 0.29) is 0 Å². The summed E-state index contributed by atoms with van der Waals surface area (Å²) in [4.78, 5) is 6.94. The second-order valence-corrected chi connectivity index (χ2v) is 5.48. The van der Waals surface area contributed by atoms with E-state index in [4.69, 9.17) is 4.74 Å². The van der Waals surface area contributed by atoms with Crippen LogP contribution in [-0.4, -0.2) is 49.8 Å². The molecule has 18 heavy (non-hydrogen) atoms. The maximum Gasteiger partial charge on any atom is 0.133 e. The van der Waals surface area contributed by atoms with Crippen molar-refractivity contribution in [3.05, 3.63) is 23.9 Å². The molecule has 1 aromatic rings. The Labute approximate surface area is 113 Å². The van der Waals surface area contributed by atoms with Crippen LogP contribution in [0.1, 0.15) is 5.56 Å². The molecule has 0 radical (unpaired) electrons. The maximum absolute atomic E-state index is 5.04. The van der Waals surface area contributed by atoms with Crippen LogP contribution in [0.5, 0.6) is 0 Å². The molecule has 2 heterocycles. The molecule has 0 aliphatic carbocycles. The lowest BCUT2D eigenvalue weighted by Gasteiger charge is -2.29. The largest absolute Gasteiger partial charge is 0.383 e. The van der Waals surface area contributed by atoms with Gasteiger partial charge >= 0.3 is 0 Å². The monoisotopic (exact) mass is 267 g/mol. The Hall–Kier alpha value is -0.780. The molecule has 1 saturated heterocycles. The second-order valence-electron chi connectivity index (χ2n) is 4.26. The van der Waals surface area contributed by atoms with Gasteiger partial charge in [0.05, 0.1) is 6.61 Å². The highest BCUT2D eigenvalue weighted by Crippen LogP contribution is 2.20. The first kappa shape index (κ1) is 13.6. The van der Waals surface area contributed by atoms with Crippen molar-refractivity contribution in [3.63, 3.8) is 0 Å². The number of hydrogen-bond acceptors (Lipinski definition) is 5. The van der Waals surface area contributed by atoms with E-state index in [2.05, 4.69) is 21.3 Å². The minimum Gasteiger partial charge on any atom is -0.383 e. The molecule has 1 N–H and O–H groups in total.